The molecule has 0 unspecified atom stereocenters. The van der Waals surface area contributed by atoms with Crippen molar-refractivity contribution >= 4 is 42.0 Å². The molecule has 0 amide bonds. The first kappa shape index (κ1) is 29.0. The van der Waals surface area contributed by atoms with Crippen LogP contribution in [0.5, 0.6) is 0 Å². The minimum atomic E-state index is 0. The number of hydrogen-bond acceptors (Lipinski definition) is 1. The van der Waals surface area contributed by atoms with Crippen molar-refractivity contribution in [2.75, 3.05) is 20.6 Å². The van der Waals surface area contributed by atoms with Gasteiger partial charge >= 0.3 is 29.6 Å². The van der Waals surface area contributed by atoms with Crippen molar-refractivity contribution in [1.29, 1.82) is 0 Å². The van der Waals surface area contributed by atoms with Crippen LogP contribution in [0.25, 0.3) is 0 Å². The molecule has 1 nitrogen and oxygen atoms in total. The van der Waals surface area contributed by atoms with E-state index in [0.717, 1.165) is 0 Å². The molecule has 0 aliphatic carbocycles. The van der Waals surface area contributed by atoms with Gasteiger partial charge in [0, 0.05) is 0 Å². The van der Waals surface area contributed by atoms with Crippen molar-refractivity contribution in [1.82, 2.24) is 4.90 Å². The van der Waals surface area contributed by atoms with Gasteiger partial charge in [0.05, 0.1) is 0 Å². The monoisotopic (exact) mass is 357 g/mol. The van der Waals surface area contributed by atoms with E-state index >= 15 is 0 Å². The molecule has 0 heterocycles. The summed E-state index contributed by atoms with van der Waals surface area (Å²) in [5.74, 6) is 0. The van der Waals surface area contributed by atoms with Gasteiger partial charge in [-0.25, -0.2) is 0 Å². The van der Waals surface area contributed by atoms with E-state index in [1.54, 1.807) is 0 Å². The Balaban J connectivity index is -0.00000200. The molecule has 0 aromatic rings. The maximum atomic E-state index is 2.30. The van der Waals surface area contributed by atoms with Crippen molar-refractivity contribution in [2.24, 2.45) is 0 Å². The van der Waals surface area contributed by atoms with Gasteiger partial charge in [0.2, 0.25) is 0 Å². The second-order valence-electron chi connectivity index (χ2n) is 7.11. The van der Waals surface area contributed by atoms with Gasteiger partial charge in [0.25, 0.3) is 0 Å². The van der Waals surface area contributed by atoms with Crippen LogP contribution in [0.4, 0.5) is 0 Å². The molecule has 0 aromatic heterocycles. The van der Waals surface area contributed by atoms with Gasteiger partial charge in [-0.3, -0.25) is 0 Å². The molecule has 0 radical (unpaired) electrons. The van der Waals surface area contributed by atoms with E-state index in [1.807, 2.05) is 0 Å². The molecule has 0 saturated carbocycles. The Kier molecular flexibility index (Phi) is 32.2. The molecule has 0 spiro atoms. The fourth-order valence-corrected chi connectivity index (χ4v) is 2.98. The van der Waals surface area contributed by atoms with Crippen LogP contribution < -0.4 is 0 Å². The molecule has 23 heavy (non-hydrogen) atoms. The van der Waals surface area contributed by atoms with Gasteiger partial charge in [-0.2, -0.15) is 0 Å². The summed E-state index contributed by atoms with van der Waals surface area (Å²) >= 11 is 0. The molecule has 0 saturated heterocycles. The Morgan fingerprint density at radius 3 is 1.00 bits per heavy atom. The Hall–Kier alpha value is 1.25. The second-order valence-corrected chi connectivity index (χ2v) is 7.11. The third kappa shape index (κ3) is 28.3. The van der Waals surface area contributed by atoms with Gasteiger partial charge in [0.15, 0.2) is 0 Å². The zero-order chi connectivity index (χ0) is 15.6. The second kappa shape index (κ2) is 25.5. The normalized spacial score (nSPS) is 10.4. The average Bonchev–Trinajstić information content (AvgIpc) is 2.46. The predicted octanol–water partition coefficient (Wildman–Crippen LogP) is 6.58. The van der Waals surface area contributed by atoms with Crippen LogP contribution in [0.2, 0.25) is 0 Å². The summed E-state index contributed by atoms with van der Waals surface area (Å²) in [6.45, 7) is 3.56. The summed E-state index contributed by atoms with van der Waals surface area (Å²) < 4.78 is 0. The number of nitrogens with zero attached hydrogens (tertiary/aromatic N) is 1. The van der Waals surface area contributed by atoms with Crippen LogP contribution in [-0.4, -0.2) is 55.1 Å². The molecule has 0 N–H and O–H groups in total. The minimum absolute atomic E-state index is 0. The van der Waals surface area contributed by atoms with E-state index in [1.165, 1.54) is 109 Å². The van der Waals surface area contributed by atoms with Gasteiger partial charge < -0.3 is 4.90 Å². The molecule has 0 aliphatic rings. The molecule has 3 heteroatoms. The zero-order valence-electron chi connectivity index (χ0n) is 15.9. The standard InChI is InChI=1S/C20H43N.ClH.Na.H/c1-4-5-6-7-8-9-10-11-12-13-14-15-16-17-18-19-20-21(2)3;;;/h4-20H2,1-3H3;1H;;. The Morgan fingerprint density at radius 1 is 0.478 bits per heavy atom. The van der Waals surface area contributed by atoms with Crippen LogP contribution in [0.3, 0.4) is 0 Å². The number of unbranched alkanes of at least 4 members (excludes halogenated alkanes) is 15. The SMILES string of the molecule is CCCCCCCCCCCCCCCCCCN(C)C.Cl.[NaH]. The molecule has 0 rings (SSSR count). The number of halogens is 1. The fraction of sp³-hybridized carbons (Fsp3) is 1.00. The molecule has 0 atom stereocenters. The molecule has 0 aromatic carbocycles. The molecular formula is C20H45ClNNa. The van der Waals surface area contributed by atoms with Crippen LogP contribution in [0.1, 0.15) is 110 Å². The quantitative estimate of drug-likeness (QED) is 0.210. The summed E-state index contributed by atoms with van der Waals surface area (Å²) in [6.07, 6.45) is 23.3. The van der Waals surface area contributed by atoms with E-state index in [9.17, 15) is 0 Å². The van der Waals surface area contributed by atoms with Crippen LogP contribution in [0, 0.1) is 0 Å². The van der Waals surface area contributed by atoms with Crippen molar-refractivity contribution < 1.29 is 0 Å². The van der Waals surface area contributed by atoms with E-state index in [0.29, 0.717) is 0 Å². The summed E-state index contributed by atoms with van der Waals surface area (Å²) in [6, 6.07) is 0. The van der Waals surface area contributed by atoms with Crippen molar-refractivity contribution in [2.45, 2.75) is 110 Å². The summed E-state index contributed by atoms with van der Waals surface area (Å²) in [5, 5.41) is 0. The Labute approximate surface area is 176 Å². The van der Waals surface area contributed by atoms with E-state index in [-0.39, 0.29) is 42.0 Å². The van der Waals surface area contributed by atoms with Gasteiger partial charge in [-0.05, 0) is 27.1 Å². The fourth-order valence-electron chi connectivity index (χ4n) is 2.98. The van der Waals surface area contributed by atoms with Crippen molar-refractivity contribution in [3.8, 4) is 0 Å². The summed E-state index contributed by atoms with van der Waals surface area (Å²) in [7, 11) is 4.34. The van der Waals surface area contributed by atoms with Crippen LogP contribution >= 0.6 is 12.4 Å². The van der Waals surface area contributed by atoms with Gasteiger partial charge in [-0.1, -0.05) is 103 Å². The predicted molar refractivity (Wildman–Crippen MR) is 112 cm³/mol. The van der Waals surface area contributed by atoms with Crippen molar-refractivity contribution in [3.63, 3.8) is 0 Å². The number of rotatable bonds is 17. The summed E-state index contributed by atoms with van der Waals surface area (Å²) in [5.41, 5.74) is 0. The maximum absolute atomic E-state index is 2.30. The van der Waals surface area contributed by atoms with Crippen LogP contribution in [-0.2, 0) is 0 Å². The molecule has 138 valence electrons. The van der Waals surface area contributed by atoms with E-state index in [4.69, 9.17) is 0 Å². The summed E-state index contributed by atoms with van der Waals surface area (Å²) in [4.78, 5) is 2.30. The third-order valence-corrected chi connectivity index (χ3v) is 4.46. The average molecular weight is 358 g/mol. The van der Waals surface area contributed by atoms with Crippen molar-refractivity contribution in [3.05, 3.63) is 0 Å². The van der Waals surface area contributed by atoms with Gasteiger partial charge in [-0.15, -0.1) is 12.4 Å². The first-order chi connectivity index (χ1) is 10.3. The number of hydrogen-bond donors (Lipinski definition) is 0. The molecular weight excluding hydrogens is 313 g/mol. The first-order valence-electron chi connectivity index (χ1n) is 9.92. The van der Waals surface area contributed by atoms with Gasteiger partial charge in [0.1, 0.15) is 0 Å². The Morgan fingerprint density at radius 2 is 0.739 bits per heavy atom. The molecule has 0 aliphatic heterocycles. The molecule has 0 fully saturated rings. The van der Waals surface area contributed by atoms with Crippen LogP contribution in [0.15, 0.2) is 0 Å². The van der Waals surface area contributed by atoms with E-state index in [2.05, 4.69) is 25.9 Å². The third-order valence-electron chi connectivity index (χ3n) is 4.46. The zero-order valence-corrected chi connectivity index (χ0v) is 16.7. The Bertz CT molecular complexity index is 188. The van der Waals surface area contributed by atoms with E-state index < -0.39 is 0 Å². The molecule has 0 bridgehead atoms. The first-order valence-corrected chi connectivity index (χ1v) is 9.92. The topological polar surface area (TPSA) is 3.24 Å².